The van der Waals surface area contributed by atoms with Crippen molar-refractivity contribution >= 4 is 5.97 Å². The maximum absolute atomic E-state index is 10.9. The molecule has 0 saturated carbocycles. The lowest BCUT2D eigenvalue weighted by Crippen LogP contribution is -2.50. The number of carboxylic acids is 1. The number of piperidine rings is 1. The van der Waals surface area contributed by atoms with E-state index in [1.54, 1.807) is 6.92 Å². The van der Waals surface area contributed by atoms with Gasteiger partial charge < -0.3 is 10.0 Å². The minimum atomic E-state index is -0.710. The largest absolute Gasteiger partial charge is 0.480 e. The summed E-state index contributed by atoms with van der Waals surface area (Å²) in [5.74, 6) is -0.0246. The van der Waals surface area contributed by atoms with Gasteiger partial charge in [-0.05, 0) is 45.8 Å². The summed E-state index contributed by atoms with van der Waals surface area (Å²) < 4.78 is 0. The maximum atomic E-state index is 10.9. The van der Waals surface area contributed by atoms with Crippen molar-refractivity contribution in [2.45, 2.75) is 31.8 Å². The molecule has 4 unspecified atom stereocenters. The number of hydrogen-bond donors (Lipinski definition) is 1. The van der Waals surface area contributed by atoms with E-state index in [4.69, 9.17) is 5.11 Å². The van der Waals surface area contributed by atoms with Gasteiger partial charge in [0.1, 0.15) is 6.04 Å². The number of likely N-dealkylation sites (N-methyl/N-ethyl adjacent to an activating group) is 1. The molecule has 0 amide bonds. The number of hydrogen-bond acceptors (Lipinski definition) is 3. The monoisotopic (exact) mass is 212 g/mol. The smallest absolute Gasteiger partial charge is 0.320 e. The molecule has 2 bridgehead atoms. The van der Waals surface area contributed by atoms with Crippen LogP contribution in [0.3, 0.4) is 0 Å². The van der Waals surface area contributed by atoms with Crippen molar-refractivity contribution < 1.29 is 9.90 Å². The predicted octanol–water partition coefficient (Wildman–Crippen LogP) is 0.486. The van der Waals surface area contributed by atoms with E-state index in [-0.39, 0.29) is 6.04 Å². The Morgan fingerprint density at radius 3 is 2.80 bits per heavy atom. The van der Waals surface area contributed by atoms with Gasteiger partial charge in [-0.1, -0.05) is 0 Å². The molecule has 0 radical (unpaired) electrons. The zero-order valence-electron chi connectivity index (χ0n) is 9.52. The molecule has 4 nitrogen and oxygen atoms in total. The molecule has 0 spiro atoms. The molecule has 2 rings (SSSR count). The lowest BCUT2D eigenvalue weighted by molar-refractivity contribution is -0.143. The van der Waals surface area contributed by atoms with E-state index in [0.29, 0.717) is 12.0 Å². The Labute approximate surface area is 90.9 Å². The predicted molar refractivity (Wildman–Crippen MR) is 57.8 cm³/mol. The van der Waals surface area contributed by atoms with Gasteiger partial charge in [0.25, 0.3) is 0 Å². The molecule has 2 aliphatic rings. The normalized spacial score (nSPS) is 36.9. The number of fused-ring (bicyclic) bond motifs is 2. The zero-order valence-corrected chi connectivity index (χ0v) is 9.52. The van der Waals surface area contributed by atoms with Gasteiger partial charge in [-0.25, -0.2) is 0 Å². The van der Waals surface area contributed by atoms with Crippen molar-refractivity contribution in [1.82, 2.24) is 9.80 Å². The molecular weight excluding hydrogens is 192 g/mol. The Kier molecular flexibility index (Phi) is 2.98. The summed E-state index contributed by atoms with van der Waals surface area (Å²) in [6.07, 6.45) is 2.36. The van der Waals surface area contributed by atoms with Gasteiger partial charge in [-0.3, -0.25) is 9.69 Å². The fraction of sp³-hybridized carbons (Fsp3) is 0.909. The summed E-state index contributed by atoms with van der Waals surface area (Å²) in [5, 5.41) is 9.00. The van der Waals surface area contributed by atoms with Crippen LogP contribution in [0.25, 0.3) is 0 Å². The first-order chi connectivity index (χ1) is 7.09. The van der Waals surface area contributed by atoms with E-state index in [9.17, 15) is 4.79 Å². The van der Waals surface area contributed by atoms with Crippen LogP contribution in [0.15, 0.2) is 0 Å². The fourth-order valence-corrected chi connectivity index (χ4v) is 2.93. The van der Waals surface area contributed by atoms with Gasteiger partial charge in [-0.2, -0.15) is 0 Å². The van der Waals surface area contributed by atoms with Crippen molar-refractivity contribution in [3.63, 3.8) is 0 Å². The molecule has 2 heterocycles. The van der Waals surface area contributed by atoms with Crippen molar-refractivity contribution in [2.24, 2.45) is 5.92 Å². The highest BCUT2D eigenvalue weighted by atomic mass is 16.4. The van der Waals surface area contributed by atoms with Crippen molar-refractivity contribution in [2.75, 3.05) is 26.7 Å². The molecule has 86 valence electrons. The number of aliphatic carboxylic acids is 1. The quantitative estimate of drug-likeness (QED) is 0.739. The van der Waals surface area contributed by atoms with Crippen LogP contribution >= 0.6 is 0 Å². The Bertz CT molecular complexity index is 257. The Balaban J connectivity index is 2.00. The molecule has 2 aliphatic heterocycles. The van der Waals surface area contributed by atoms with E-state index in [0.717, 1.165) is 13.0 Å². The van der Waals surface area contributed by atoms with E-state index in [1.165, 1.54) is 19.5 Å². The van der Waals surface area contributed by atoms with Crippen LogP contribution in [-0.2, 0) is 4.79 Å². The second-order valence-corrected chi connectivity index (χ2v) is 4.89. The van der Waals surface area contributed by atoms with Crippen LogP contribution in [0, 0.1) is 5.92 Å². The maximum Gasteiger partial charge on any atom is 0.320 e. The number of rotatable bonds is 3. The average molecular weight is 212 g/mol. The second-order valence-electron chi connectivity index (χ2n) is 4.89. The molecule has 0 aromatic carbocycles. The lowest BCUT2D eigenvalue weighted by Gasteiger charge is -2.38. The van der Waals surface area contributed by atoms with Crippen LogP contribution in [0.4, 0.5) is 0 Å². The molecule has 4 heteroatoms. The van der Waals surface area contributed by atoms with Crippen molar-refractivity contribution in [3.05, 3.63) is 0 Å². The van der Waals surface area contributed by atoms with Crippen LogP contribution < -0.4 is 0 Å². The Hall–Kier alpha value is -0.610. The minimum Gasteiger partial charge on any atom is -0.480 e. The fourth-order valence-electron chi connectivity index (χ4n) is 2.93. The van der Waals surface area contributed by atoms with Crippen molar-refractivity contribution in [1.29, 1.82) is 0 Å². The number of carboxylic acid groups (broad SMARTS) is 1. The second kappa shape index (κ2) is 4.10. The van der Waals surface area contributed by atoms with Gasteiger partial charge in [0.05, 0.1) is 0 Å². The van der Waals surface area contributed by atoms with Gasteiger partial charge in [0, 0.05) is 12.6 Å². The highest BCUT2D eigenvalue weighted by Gasteiger charge is 2.38. The van der Waals surface area contributed by atoms with E-state index < -0.39 is 5.97 Å². The summed E-state index contributed by atoms with van der Waals surface area (Å²) >= 11 is 0. The molecule has 2 saturated heterocycles. The molecule has 0 aromatic rings. The number of nitrogens with zero attached hydrogens (tertiary/aromatic N) is 2. The SMILES string of the molecule is CC(C(=O)O)N(C)C1CCN2CCC1C2. The molecule has 0 aliphatic carbocycles. The highest BCUT2D eigenvalue weighted by molar-refractivity contribution is 5.72. The molecule has 15 heavy (non-hydrogen) atoms. The molecular formula is C11H20N2O2. The summed E-state index contributed by atoms with van der Waals surface area (Å²) in [4.78, 5) is 15.5. The Morgan fingerprint density at radius 2 is 2.13 bits per heavy atom. The average Bonchev–Trinajstić information content (AvgIpc) is 2.59. The van der Waals surface area contributed by atoms with E-state index in [1.807, 2.05) is 7.05 Å². The lowest BCUT2D eigenvalue weighted by atomic mass is 9.92. The van der Waals surface area contributed by atoms with E-state index >= 15 is 0 Å². The molecule has 2 fully saturated rings. The third-order valence-electron chi connectivity index (χ3n) is 4.09. The van der Waals surface area contributed by atoms with E-state index in [2.05, 4.69) is 9.80 Å². The highest BCUT2D eigenvalue weighted by Crippen LogP contribution is 2.30. The topological polar surface area (TPSA) is 43.8 Å². The molecule has 0 aromatic heterocycles. The van der Waals surface area contributed by atoms with Gasteiger partial charge in [-0.15, -0.1) is 0 Å². The van der Waals surface area contributed by atoms with Crippen molar-refractivity contribution in [3.8, 4) is 0 Å². The van der Waals surface area contributed by atoms with Gasteiger partial charge >= 0.3 is 5.97 Å². The number of carbonyl (C=O) groups is 1. The first-order valence-electron chi connectivity index (χ1n) is 5.76. The van der Waals surface area contributed by atoms with Crippen LogP contribution in [0.5, 0.6) is 0 Å². The molecule has 1 N–H and O–H groups in total. The summed E-state index contributed by atoms with van der Waals surface area (Å²) in [6.45, 7) is 5.29. The van der Waals surface area contributed by atoms with Gasteiger partial charge in [0.2, 0.25) is 0 Å². The standard InChI is InChI=1S/C11H20N2O2/c1-8(11(14)15)12(2)10-4-6-13-5-3-9(10)7-13/h8-10H,3-7H2,1-2H3,(H,14,15). The molecule has 4 atom stereocenters. The first-order valence-corrected chi connectivity index (χ1v) is 5.76. The minimum absolute atomic E-state index is 0.359. The van der Waals surface area contributed by atoms with Crippen LogP contribution in [0.1, 0.15) is 19.8 Å². The van der Waals surface area contributed by atoms with Gasteiger partial charge in [0.15, 0.2) is 0 Å². The Morgan fingerprint density at radius 1 is 1.47 bits per heavy atom. The van der Waals surface area contributed by atoms with Crippen LogP contribution in [0.2, 0.25) is 0 Å². The zero-order chi connectivity index (χ0) is 11.0. The first kappa shape index (κ1) is 10.9. The third-order valence-corrected chi connectivity index (χ3v) is 4.09. The summed E-state index contributed by atoms with van der Waals surface area (Å²) in [7, 11) is 1.96. The summed E-state index contributed by atoms with van der Waals surface area (Å²) in [5.41, 5.74) is 0. The summed E-state index contributed by atoms with van der Waals surface area (Å²) in [6, 6.07) is 0.108. The third kappa shape index (κ3) is 2.01. The van der Waals surface area contributed by atoms with Crippen LogP contribution in [-0.4, -0.2) is 59.6 Å².